The zero-order valence-electron chi connectivity index (χ0n) is 9.08. The SMILES string of the molecule is C=Cc1cc2cc(C)ccc2cc1OC. The Kier molecular flexibility index (Phi) is 2.46. The van der Waals surface area contributed by atoms with Crippen LogP contribution in [-0.2, 0) is 0 Å². The first-order valence-electron chi connectivity index (χ1n) is 4.95. The van der Waals surface area contributed by atoms with E-state index in [4.69, 9.17) is 4.74 Å². The smallest absolute Gasteiger partial charge is 0.126 e. The Bertz CT molecular complexity index is 512. The monoisotopic (exact) mass is 198 g/mol. The molecule has 0 aliphatic carbocycles. The predicted octanol–water partition coefficient (Wildman–Crippen LogP) is 3.80. The summed E-state index contributed by atoms with van der Waals surface area (Å²) < 4.78 is 5.30. The van der Waals surface area contributed by atoms with Crippen LogP contribution in [0.25, 0.3) is 16.8 Å². The third kappa shape index (κ3) is 1.73. The predicted molar refractivity (Wildman–Crippen MR) is 65.3 cm³/mol. The molecule has 0 heterocycles. The van der Waals surface area contributed by atoms with Crippen molar-refractivity contribution in [1.82, 2.24) is 0 Å². The minimum absolute atomic E-state index is 0.876. The molecule has 0 aromatic heterocycles. The van der Waals surface area contributed by atoms with Crippen molar-refractivity contribution in [2.24, 2.45) is 0 Å². The van der Waals surface area contributed by atoms with Gasteiger partial charge >= 0.3 is 0 Å². The maximum Gasteiger partial charge on any atom is 0.126 e. The van der Waals surface area contributed by atoms with E-state index in [0.29, 0.717) is 0 Å². The molecule has 15 heavy (non-hydrogen) atoms. The molecule has 0 aliphatic rings. The van der Waals surface area contributed by atoms with Crippen LogP contribution in [0.3, 0.4) is 0 Å². The average molecular weight is 198 g/mol. The van der Waals surface area contributed by atoms with Crippen molar-refractivity contribution in [2.75, 3.05) is 7.11 Å². The summed E-state index contributed by atoms with van der Waals surface area (Å²) in [7, 11) is 1.68. The first-order valence-corrected chi connectivity index (χ1v) is 4.95. The quantitative estimate of drug-likeness (QED) is 0.713. The van der Waals surface area contributed by atoms with E-state index in [0.717, 1.165) is 11.3 Å². The van der Waals surface area contributed by atoms with Gasteiger partial charge in [0.1, 0.15) is 5.75 Å². The molecule has 2 aromatic carbocycles. The average Bonchev–Trinajstić information content (AvgIpc) is 2.27. The summed E-state index contributed by atoms with van der Waals surface area (Å²) in [4.78, 5) is 0. The fourth-order valence-corrected chi connectivity index (χ4v) is 1.75. The number of benzene rings is 2. The van der Waals surface area contributed by atoms with Crippen LogP contribution in [-0.4, -0.2) is 7.11 Å². The maximum absolute atomic E-state index is 5.30. The largest absolute Gasteiger partial charge is 0.496 e. The molecule has 0 atom stereocenters. The molecule has 0 saturated heterocycles. The third-order valence-electron chi connectivity index (χ3n) is 2.56. The number of fused-ring (bicyclic) bond motifs is 1. The van der Waals surface area contributed by atoms with Gasteiger partial charge in [-0.3, -0.25) is 0 Å². The van der Waals surface area contributed by atoms with Crippen LogP contribution >= 0.6 is 0 Å². The number of methoxy groups -OCH3 is 1. The molecule has 1 heteroatoms. The highest BCUT2D eigenvalue weighted by Gasteiger charge is 2.02. The van der Waals surface area contributed by atoms with E-state index in [1.165, 1.54) is 16.3 Å². The molecule has 0 fully saturated rings. The van der Waals surface area contributed by atoms with Crippen molar-refractivity contribution in [1.29, 1.82) is 0 Å². The van der Waals surface area contributed by atoms with Crippen LogP contribution < -0.4 is 4.74 Å². The number of hydrogen-bond acceptors (Lipinski definition) is 1. The van der Waals surface area contributed by atoms with Crippen LogP contribution in [0.1, 0.15) is 11.1 Å². The number of aryl methyl sites for hydroxylation is 1. The Morgan fingerprint density at radius 3 is 2.60 bits per heavy atom. The van der Waals surface area contributed by atoms with E-state index in [1.807, 2.05) is 12.1 Å². The minimum Gasteiger partial charge on any atom is -0.496 e. The molecule has 2 aromatic rings. The van der Waals surface area contributed by atoms with Crippen molar-refractivity contribution < 1.29 is 4.74 Å². The van der Waals surface area contributed by atoms with Gasteiger partial charge in [0.25, 0.3) is 0 Å². The number of ether oxygens (including phenoxy) is 1. The fourth-order valence-electron chi connectivity index (χ4n) is 1.75. The van der Waals surface area contributed by atoms with Crippen LogP contribution in [0.15, 0.2) is 36.9 Å². The Labute approximate surface area is 90.0 Å². The molecule has 0 saturated carbocycles. The Morgan fingerprint density at radius 2 is 1.93 bits per heavy atom. The van der Waals surface area contributed by atoms with Crippen molar-refractivity contribution in [2.45, 2.75) is 6.92 Å². The van der Waals surface area contributed by atoms with Crippen molar-refractivity contribution in [3.8, 4) is 5.75 Å². The van der Waals surface area contributed by atoms with Crippen LogP contribution in [0.5, 0.6) is 5.75 Å². The molecule has 0 N–H and O–H groups in total. The van der Waals surface area contributed by atoms with Gasteiger partial charge in [0.2, 0.25) is 0 Å². The molecule has 2 rings (SSSR count). The Balaban J connectivity index is 2.75. The van der Waals surface area contributed by atoms with Gasteiger partial charge in [-0.1, -0.05) is 36.4 Å². The summed E-state index contributed by atoms with van der Waals surface area (Å²) in [5, 5.41) is 2.42. The second-order valence-corrected chi connectivity index (χ2v) is 3.65. The highest BCUT2D eigenvalue weighted by molar-refractivity contribution is 5.87. The molecule has 76 valence electrons. The zero-order chi connectivity index (χ0) is 10.8. The Hall–Kier alpha value is -1.76. The van der Waals surface area contributed by atoms with Gasteiger partial charge in [0.05, 0.1) is 7.11 Å². The molecule has 0 aliphatic heterocycles. The van der Waals surface area contributed by atoms with Gasteiger partial charge in [0.15, 0.2) is 0 Å². The lowest BCUT2D eigenvalue weighted by Gasteiger charge is -2.07. The molecule has 0 amide bonds. The maximum atomic E-state index is 5.30. The van der Waals surface area contributed by atoms with Crippen LogP contribution in [0.2, 0.25) is 0 Å². The van der Waals surface area contributed by atoms with E-state index in [-0.39, 0.29) is 0 Å². The minimum atomic E-state index is 0.876. The van der Waals surface area contributed by atoms with E-state index in [9.17, 15) is 0 Å². The van der Waals surface area contributed by atoms with Crippen molar-refractivity contribution in [3.63, 3.8) is 0 Å². The summed E-state index contributed by atoms with van der Waals surface area (Å²) >= 11 is 0. The second-order valence-electron chi connectivity index (χ2n) is 3.65. The van der Waals surface area contributed by atoms with Crippen LogP contribution in [0.4, 0.5) is 0 Å². The normalized spacial score (nSPS) is 10.3. The highest BCUT2D eigenvalue weighted by atomic mass is 16.5. The van der Waals surface area contributed by atoms with Gasteiger partial charge < -0.3 is 4.74 Å². The molecular weight excluding hydrogens is 184 g/mol. The fraction of sp³-hybridized carbons (Fsp3) is 0.143. The van der Waals surface area contributed by atoms with Gasteiger partial charge in [-0.25, -0.2) is 0 Å². The lowest BCUT2D eigenvalue weighted by Crippen LogP contribution is -1.87. The standard InChI is InChI=1S/C14H14O/c1-4-11-8-13-7-10(2)5-6-12(13)9-14(11)15-3/h4-9H,1H2,2-3H3. The molecule has 0 unspecified atom stereocenters. The topological polar surface area (TPSA) is 9.23 Å². The lowest BCUT2D eigenvalue weighted by atomic mass is 10.0. The second kappa shape index (κ2) is 3.77. The van der Waals surface area contributed by atoms with Gasteiger partial charge in [0, 0.05) is 5.56 Å². The molecule has 0 bridgehead atoms. The molecule has 0 radical (unpaired) electrons. The van der Waals surface area contributed by atoms with Crippen molar-refractivity contribution >= 4 is 16.8 Å². The van der Waals surface area contributed by atoms with Gasteiger partial charge in [-0.15, -0.1) is 0 Å². The van der Waals surface area contributed by atoms with E-state index >= 15 is 0 Å². The van der Waals surface area contributed by atoms with Crippen LogP contribution in [0, 0.1) is 6.92 Å². The van der Waals surface area contributed by atoms with Crippen molar-refractivity contribution in [3.05, 3.63) is 48.0 Å². The first kappa shape index (κ1) is 9.78. The van der Waals surface area contributed by atoms with Gasteiger partial charge in [-0.2, -0.15) is 0 Å². The number of rotatable bonds is 2. The van der Waals surface area contributed by atoms with Gasteiger partial charge in [-0.05, 0) is 29.8 Å². The summed E-state index contributed by atoms with van der Waals surface area (Å²) in [5.41, 5.74) is 2.30. The summed E-state index contributed by atoms with van der Waals surface area (Å²) in [6.07, 6.45) is 1.82. The Morgan fingerprint density at radius 1 is 1.13 bits per heavy atom. The lowest BCUT2D eigenvalue weighted by molar-refractivity contribution is 0.414. The first-order chi connectivity index (χ1) is 7.24. The molecule has 1 nitrogen and oxygen atoms in total. The summed E-state index contributed by atoms with van der Waals surface area (Å²) in [6.45, 7) is 5.88. The molecular formula is C14H14O. The highest BCUT2D eigenvalue weighted by Crippen LogP contribution is 2.27. The van der Waals surface area contributed by atoms with E-state index in [2.05, 4.69) is 37.8 Å². The summed E-state index contributed by atoms with van der Waals surface area (Å²) in [5.74, 6) is 0.876. The summed E-state index contributed by atoms with van der Waals surface area (Å²) in [6, 6.07) is 10.5. The van der Waals surface area contributed by atoms with E-state index in [1.54, 1.807) is 7.11 Å². The third-order valence-corrected chi connectivity index (χ3v) is 2.56. The molecule has 0 spiro atoms. The number of hydrogen-bond donors (Lipinski definition) is 0. The zero-order valence-corrected chi connectivity index (χ0v) is 9.08. The van der Waals surface area contributed by atoms with E-state index < -0.39 is 0 Å².